The van der Waals surface area contributed by atoms with Crippen LogP contribution in [-0.2, 0) is 4.79 Å². The van der Waals surface area contributed by atoms with Gasteiger partial charge in [0.05, 0.1) is 18.7 Å². The molecule has 7 heteroatoms. The maximum Gasteiger partial charge on any atom is 0.295 e. The van der Waals surface area contributed by atoms with Crippen LogP contribution in [0, 0.1) is 5.82 Å². The van der Waals surface area contributed by atoms with E-state index in [-0.39, 0.29) is 23.6 Å². The second kappa shape index (κ2) is 7.40. The Labute approximate surface area is 148 Å². The number of hydrogen-bond donors (Lipinski definition) is 1. The molecule has 0 aliphatic carbocycles. The molecule has 25 heavy (non-hydrogen) atoms. The first-order valence-corrected chi connectivity index (χ1v) is 8.27. The molecule has 1 aliphatic rings. The number of methoxy groups -OCH3 is 1. The molecule has 1 aliphatic heterocycles. The van der Waals surface area contributed by atoms with Gasteiger partial charge in [-0.25, -0.2) is 4.39 Å². The van der Waals surface area contributed by atoms with Crippen LogP contribution in [0.3, 0.4) is 0 Å². The molecule has 1 heterocycles. The maximum absolute atomic E-state index is 12.9. The van der Waals surface area contributed by atoms with Gasteiger partial charge in [0.15, 0.2) is 0 Å². The zero-order valence-corrected chi connectivity index (χ0v) is 14.2. The number of carbonyl (C=O) groups is 2. The van der Waals surface area contributed by atoms with E-state index in [9.17, 15) is 14.0 Å². The van der Waals surface area contributed by atoms with Gasteiger partial charge < -0.3 is 10.1 Å². The highest BCUT2D eigenvalue weighted by molar-refractivity contribution is 8.18. The third-order valence-electron chi connectivity index (χ3n) is 3.57. The first-order chi connectivity index (χ1) is 12.1. The third kappa shape index (κ3) is 4.00. The molecular weight excluding hydrogens is 343 g/mol. The molecule has 0 unspecified atom stereocenters. The summed E-state index contributed by atoms with van der Waals surface area (Å²) in [4.78, 5) is 25.9. The minimum atomic E-state index is -0.375. The molecule has 0 atom stereocenters. The zero-order chi connectivity index (χ0) is 17.8. The molecule has 2 aromatic rings. The lowest BCUT2D eigenvalue weighted by atomic mass is 10.2. The van der Waals surface area contributed by atoms with E-state index < -0.39 is 0 Å². The fourth-order valence-electron chi connectivity index (χ4n) is 2.23. The molecule has 1 fully saturated rings. The van der Waals surface area contributed by atoms with Crippen molar-refractivity contribution in [3.63, 3.8) is 0 Å². The van der Waals surface area contributed by atoms with Crippen molar-refractivity contribution < 1.29 is 18.7 Å². The Morgan fingerprint density at radius 3 is 2.44 bits per heavy atom. The second-order valence-corrected chi connectivity index (χ2v) is 6.22. The Morgan fingerprint density at radius 1 is 1.12 bits per heavy atom. The molecule has 1 N–H and O–H groups in total. The van der Waals surface area contributed by atoms with E-state index >= 15 is 0 Å². The third-order valence-corrected chi connectivity index (χ3v) is 4.48. The summed E-state index contributed by atoms with van der Waals surface area (Å²) < 4.78 is 18.0. The molecule has 0 bridgehead atoms. The summed E-state index contributed by atoms with van der Waals surface area (Å²) in [5.74, 6) is -0.00627. The van der Waals surface area contributed by atoms with Crippen LogP contribution in [0.2, 0.25) is 0 Å². The molecule has 0 spiro atoms. The van der Waals surface area contributed by atoms with Crippen molar-refractivity contribution in [2.45, 2.75) is 0 Å². The number of hydrogen-bond acceptors (Lipinski definition) is 5. The van der Waals surface area contributed by atoms with Crippen molar-refractivity contribution in [3.8, 4) is 5.75 Å². The molecule has 1 saturated heterocycles. The fourth-order valence-corrected chi connectivity index (χ4v) is 3.06. The summed E-state index contributed by atoms with van der Waals surface area (Å²) in [5.41, 5.74) is 1.43. The first kappa shape index (κ1) is 17.0. The van der Waals surface area contributed by atoms with Crippen LogP contribution in [0.1, 0.15) is 5.56 Å². The second-order valence-electron chi connectivity index (χ2n) is 5.22. The number of thioether (sulfide) groups is 1. The van der Waals surface area contributed by atoms with Gasteiger partial charge >= 0.3 is 0 Å². The number of ether oxygens (including phenoxy) is 1. The Morgan fingerprint density at radius 2 is 1.80 bits per heavy atom. The van der Waals surface area contributed by atoms with Gasteiger partial charge in [-0.1, -0.05) is 12.1 Å². The van der Waals surface area contributed by atoms with Crippen LogP contribution in [0.15, 0.2) is 53.4 Å². The van der Waals surface area contributed by atoms with E-state index in [1.807, 2.05) is 0 Å². The lowest BCUT2D eigenvalue weighted by Gasteiger charge is -2.14. The number of rotatable bonds is 5. The standard InChI is InChI=1S/C18H15FN2O3S/c1-24-15-8-6-14(7-9-15)20-11-21-17(22)16(25-18(21)23)10-12-2-4-13(19)5-3-12/h2-10,20H,11H2,1H3/b16-10+. The zero-order valence-electron chi connectivity index (χ0n) is 13.4. The lowest BCUT2D eigenvalue weighted by Crippen LogP contribution is -2.33. The predicted molar refractivity (Wildman–Crippen MR) is 95.7 cm³/mol. The van der Waals surface area contributed by atoms with E-state index in [4.69, 9.17) is 4.74 Å². The van der Waals surface area contributed by atoms with Crippen LogP contribution >= 0.6 is 11.8 Å². The topological polar surface area (TPSA) is 58.6 Å². The monoisotopic (exact) mass is 358 g/mol. The Hall–Kier alpha value is -2.80. The SMILES string of the molecule is COc1ccc(NCN2C(=O)S/C(=C/c3ccc(F)cc3)C2=O)cc1. The van der Waals surface area contributed by atoms with Crippen LogP contribution in [0.25, 0.3) is 6.08 Å². The molecule has 0 aromatic heterocycles. The van der Waals surface area contributed by atoms with E-state index in [1.165, 1.54) is 12.1 Å². The number of anilines is 1. The first-order valence-electron chi connectivity index (χ1n) is 7.45. The summed E-state index contributed by atoms with van der Waals surface area (Å²) >= 11 is 0.867. The minimum absolute atomic E-state index is 0.0672. The summed E-state index contributed by atoms with van der Waals surface area (Å²) in [6.45, 7) is 0.0672. The quantitative estimate of drug-likeness (QED) is 0.821. The number of benzene rings is 2. The van der Waals surface area contributed by atoms with Crippen molar-refractivity contribution in [2.24, 2.45) is 0 Å². The summed E-state index contributed by atoms with van der Waals surface area (Å²) in [7, 11) is 1.58. The number of halogens is 1. The smallest absolute Gasteiger partial charge is 0.295 e. The fraction of sp³-hybridized carbons (Fsp3) is 0.111. The van der Waals surface area contributed by atoms with Gasteiger partial charge in [0.1, 0.15) is 11.6 Å². The van der Waals surface area contributed by atoms with E-state index in [2.05, 4.69) is 5.32 Å². The van der Waals surface area contributed by atoms with Gasteiger partial charge in [-0.15, -0.1) is 0 Å². The number of amides is 2. The van der Waals surface area contributed by atoms with Gasteiger partial charge in [0.25, 0.3) is 11.1 Å². The average molecular weight is 358 g/mol. The van der Waals surface area contributed by atoms with Gasteiger partial charge in [0, 0.05) is 5.69 Å². The Balaban J connectivity index is 1.67. The number of nitrogens with zero attached hydrogens (tertiary/aromatic N) is 1. The highest BCUT2D eigenvalue weighted by atomic mass is 32.2. The highest BCUT2D eigenvalue weighted by Crippen LogP contribution is 2.32. The van der Waals surface area contributed by atoms with Gasteiger partial charge in [0.2, 0.25) is 0 Å². The largest absolute Gasteiger partial charge is 0.497 e. The number of imide groups is 1. The molecule has 0 radical (unpaired) electrons. The molecule has 3 rings (SSSR count). The number of carbonyl (C=O) groups excluding carboxylic acids is 2. The highest BCUT2D eigenvalue weighted by Gasteiger charge is 2.34. The molecule has 2 amide bonds. The maximum atomic E-state index is 12.9. The Bertz CT molecular complexity index is 819. The van der Waals surface area contributed by atoms with Crippen molar-refractivity contribution in [1.29, 1.82) is 0 Å². The van der Waals surface area contributed by atoms with E-state index in [1.54, 1.807) is 49.6 Å². The Kier molecular flexibility index (Phi) is 5.04. The van der Waals surface area contributed by atoms with Gasteiger partial charge in [-0.05, 0) is 59.8 Å². The molecule has 0 saturated carbocycles. The summed E-state index contributed by atoms with van der Waals surface area (Å²) in [5, 5.41) is 2.68. The van der Waals surface area contributed by atoms with Crippen molar-refractivity contribution >= 4 is 34.7 Å². The van der Waals surface area contributed by atoms with Crippen LogP contribution in [0.4, 0.5) is 14.9 Å². The van der Waals surface area contributed by atoms with E-state index in [0.717, 1.165) is 28.1 Å². The molecule has 5 nitrogen and oxygen atoms in total. The normalized spacial score (nSPS) is 15.8. The summed E-state index contributed by atoms with van der Waals surface area (Å²) in [6.07, 6.45) is 1.58. The minimum Gasteiger partial charge on any atom is -0.497 e. The van der Waals surface area contributed by atoms with Crippen molar-refractivity contribution in [1.82, 2.24) is 4.90 Å². The molecule has 2 aromatic carbocycles. The van der Waals surface area contributed by atoms with Crippen LogP contribution < -0.4 is 10.1 Å². The van der Waals surface area contributed by atoms with Crippen molar-refractivity contribution in [3.05, 3.63) is 64.8 Å². The molecular formula is C18H15FN2O3S. The molecule has 128 valence electrons. The van der Waals surface area contributed by atoms with Gasteiger partial charge in [-0.3, -0.25) is 14.5 Å². The van der Waals surface area contributed by atoms with Crippen LogP contribution in [0.5, 0.6) is 5.75 Å². The predicted octanol–water partition coefficient (Wildman–Crippen LogP) is 3.94. The lowest BCUT2D eigenvalue weighted by molar-refractivity contribution is -0.122. The summed E-state index contributed by atoms with van der Waals surface area (Å²) in [6, 6.07) is 12.9. The average Bonchev–Trinajstić information content (AvgIpc) is 2.89. The van der Waals surface area contributed by atoms with Crippen LogP contribution in [-0.4, -0.2) is 29.8 Å². The van der Waals surface area contributed by atoms with E-state index in [0.29, 0.717) is 10.5 Å². The number of nitrogens with one attached hydrogen (secondary N) is 1. The van der Waals surface area contributed by atoms with Gasteiger partial charge in [-0.2, -0.15) is 0 Å². The van der Waals surface area contributed by atoms with Crippen molar-refractivity contribution in [2.75, 3.05) is 19.1 Å².